The van der Waals surface area contributed by atoms with E-state index in [2.05, 4.69) is 10.3 Å². The lowest BCUT2D eigenvalue weighted by atomic mass is 10.2. The Balaban J connectivity index is 1.65. The van der Waals surface area contributed by atoms with Gasteiger partial charge < -0.3 is 15.0 Å². The van der Waals surface area contributed by atoms with Crippen LogP contribution in [0, 0.1) is 12.7 Å². The second-order valence-corrected chi connectivity index (χ2v) is 7.07. The highest BCUT2D eigenvalue weighted by Gasteiger charge is 2.20. The van der Waals surface area contributed by atoms with Crippen molar-refractivity contribution in [1.29, 1.82) is 0 Å². The summed E-state index contributed by atoms with van der Waals surface area (Å²) in [7, 11) is 0. The molecule has 1 aromatic heterocycles. The Labute approximate surface area is 150 Å². The summed E-state index contributed by atoms with van der Waals surface area (Å²) in [6, 6.07) is 6.62. The summed E-state index contributed by atoms with van der Waals surface area (Å²) in [5.74, 6) is -0.197. The number of ether oxygens (including phenoxy) is 1. The van der Waals surface area contributed by atoms with Crippen LogP contribution in [0.15, 0.2) is 24.3 Å². The van der Waals surface area contributed by atoms with Crippen LogP contribution in [0.3, 0.4) is 0 Å². The number of halogens is 1. The maximum Gasteiger partial charge on any atom is 0.236 e. The van der Waals surface area contributed by atoms with E-state index < -0.39 is 0 Å². The molecule has 2 aromatic rings. The molecule has 3 rings (SSSR count). The SMILES string of the molecule is Cc1nc(-c2ccccc2F)sc1C(C)NCC(=O)N1CCOCC1. The molecule has 2 heterocycles. The zero-order valence-electron chi connectivity index (χ0n) is 14.4. The lowest BCUT2D eigenvalue weighted by molar-refractivity contribution is -0.134. The van der Waals surface area contributed by atoms with Gasteiger partial charge in [-0.2, -0.15) is 0 Å². The lowest BCUT2D eigenvalue weighted by Crippen LogP contribution is -2.45. The smallest absolute Gasteiger partial charge is 0.236 e. The van der Waals surface area contributed by atoms with E-state index in [1.54, 1.807) is 18.2 Å². The zero-order valence-corrected chi connectivity index (χ0v) is 15.2. The molecule has 134 valence electrons. The van der Waals surface area contributed by atoms with Gasteiger partial charge in [0.25, 0.3) is 0 Å². The molecule has 0 aliphatic carbocycles. The standard InChI is InChI=1S/C18H22FN3O2S/c1-12(20-11-16(23)22-7-9-24-10-8-22)17-13(2)21-18(25-17)14-5-3-4-6-15(14)19/h3-6,12,20H,7-11H2,1-2H3. The van der Waals surface area contributed by atoms with Crippen molar-refractivity contribution in [1.82, 2.24) is 15.2 Å². The highest BCUT2D eigenvalue weighted by Crippen LogP contribution is 2.32. The minimum Gasteiger partial charge on any atom is -0.378 e. The molecular formula is C18H22FN3O2S. The minimum atomic E-state index is -0.272. The predicted molar refractivity (Wildman–Crippen MR) is 96.1 cm³/mol. The van der Waals surface area contributed by atoms with Gasteiger partial charge in [0.2, 0.25) is 5.91 Å². The van der Waals surface area contributed by atoms with Crippen LogP contribution in [0.25, 0.3) is 10.6 Å². The number of hydrogen-bond donors (Lipinski definition) is 1. The molecular weight excluding hydrogens is 341 g/mol. The van der Waals surface area contributed by atoms with Crippen LogP contribution in [0.4, 0.5) is 4.39 Å². The average molecular weight is 363 g/mol. The van der Waals surface area contributed by atoms with Crippen LogP contribution in [0.1, 0.15) is 23.5 Å². The van der Waals surface area contributed by atoms with Gasteiger partial charge in [-0.15, -0.1) is 11.3 Å². The Hall–Kier alpha value is -1.83. The summed E-state index contributed by atoms with van der Waals surface area (Å²) in [5, 5.41) is 3.93. The van der Waals surface area contributed by atoms with E-state index in [9.17, 15) is 9.18 Å². The van der Waals surface area contributed by atoms with Crippen LogP contribution in [0.2, 0.25) is 0 Å². The molecule has 1 aliphatic heterocycles. The van der Waals surface area contributed by atoms with Crippen molar-refractivity contribution in [2.45, 2.75) is 19.9 Å². The molecule has 1 fully saturated rings. The van der Waals surface area contributed by atoms with Gasteiger partial charge >= 0.3 is 0 Å². The van der Waals surface area contributed by atoms with E-state index in [0.717, 1.165) is 10.6 Å². The van der Waals surface area contributed by atoms with Crippen molar-refractivity contribution in [2.24, 2.45) is 0 Å². The van der Waals surface area contributed by atoms with Gasteiger partial charge in [-0.1, -0.05) is 12.1 Å². The Morgan fingerprint density at radius 2 is 2.12 bits per heavy atom. The summed E-state index contributed by atoms with van der Waals surface area (Å²) >= 11 is 1.46. The third-order valence-electron chi connectivity index (χ3n) is 4.25. The predicted octanol–water partition coefficient (Wildman–Crippen LogP) is 2.77. The molecule has 1 amide bonds. The van der Waals surface area contributed by atoms with Crippen LogP contribution in [-0.4, -0.2) is 48.6 Å². The first kappa shape index (κ1) is 18.0. The van der Waals surface area contributed by atoms with Crippen LogP contribution in [-0.2, 0) is 9.53 Å². The number of nitrogens with zero attached hydrogens (tertiary/aromatic N) is 2. The molecule has 0 bridgehead atoms. The quantitative estimate of drug-likeness (QED) is 0.888. The molecule has 1 atom stereocenters. The molecule has 1 saturated heterocycles. The van der Waals surface area contributed by atoms with E-state index in [1.165, 1.54) is 17.4 Å². The molecule has 1 aliphatic rings. The molecule has 5 nitrogen and oxygen atoms in total. The minimum absolute atomic E-state index is 0.0250. The number of carbonyl (C=O) groups is 1. The number of carbonyl (C=O) groups excluding carboxylic acids is 1. The van der Waals surface area contributed by atoms with E-state index in [-0.39, 0.29) is 24.3 Å². The fourth-order valence-electron chi connectivity index (χ4n) is 2.82. The number of morpholine rings is 1. The van der Waals surface area contributed by atoms with Crippen molar-refractivity contribution in [3.05, 3.63) is 40.7 Å². The number of amides is 1. The van der Waals surface area contributed by atoms with Crippen molar-refractivity contribution < 1.29 is 13.9 Å². The number of rotatable bonds is 5. The number of benzene rings is 1. The first-order valence-electron chi connectivity index (χ1n) is 8.37. The maximum atomic E-state index is 14.0. The first-order valence-corrected chi connectivity index (χ1v) is 9.19. The van der Waals surface area contributed by atoms with Crippen molar-refractivity contribution in [3.8, 4) is 10.6 Å². The van der Waals surface area contributed by atoms with Gasteiger partial charge in [-0.25, -0.2) is 9.37 Å². The third kappa shape index (κ3) is 4.23. The van der Waals surface area contributed by atoms with E-state index in [0.29, 0.717) is 36.9 Å². The highest BCUT2D eigenvalue weighted by molar-refractivity contribution is 7.15. The van der Waals surface area contributed by atoms with Crippen LogP contribution in [0.5, 0.6) is 0 Å². The number of aryl methyl sites for hydroxylation is 1. The summed E-state index contributed by atoms with van der Waals surface area (Å²) < 4.78 is 19.2. The second kappa shape index (κ2) is 8.03. The summed E-state index contributed by atoms with van der Waals surface area (Å²) in [4.78, 5) is 19.6. The first-order chi connectivity index (χ1) is 12.1. The molecule has 25 heavy (non-hydrogen) atoms. The van der Waals surface area contributed by atoms with E-state index in [4.69, 9.17) is 4.74 Å². The van der Waals surface area contributed by atoms with Crippen molar-refractivity contribution >= 4 is 17.2 Å². The number of hydrogen-bond acceptors (Lipinski definition) is 5. The normalized spacial score (nSPS) is 16.0. The number of thiazole rings is 1. The van der Waals surface area contributed by atoms with Gasteiger partial charge in [-0.3, -0.25) is 4.79 Å². The summed E-state index contributed by atoms with van der Waals surface area (Å²) in [6.07, 6.45) is 0. The molecule has 1 unspecified atom stereocenters. The molecule has 1 N–H and O–H groups in total. The Kier molecular flexibility index (Phi) is 5.78. The molecule has 0 saturated carbocycles. The maximum absolute atomic E-state index is 14.0. The van der Waals surface area contributed by atoms with E-state index in [1.807, 2.05) is 18.7 Å². The van der Waals surface area contributed by atoms with Gasteiger partial charge in [0.1, 0.15) is 10.8 Å². The fraction of sp³-hybridized carbons (Fsp3) is 0.444. The Bertz CT molecular complexity index is 744. The zero-order chi connectivity index (χ0) is 17.8. The molecule has 0 radical (unpaired) electrons. The highest BCUT2D eigenvalue weighted by atomic mass is 32.1. The largest absolute Gasteiger partial charge is 0.378 e. The average Bonchev–Trinajstić information content (AvgIpc) is 3.02. The molecule has 7 heteroatoms. The van der Waals surface area contributed by atoms with Gasteiger partial charge in [0.05, 0.1) is 25.5 Å². The van der Waals surface area contributed by atoms with Crippen molar-refractivity contribution in [2.75, 3.05) is 32.8 Å². The summed E-state index contributed by atoms with van der Waals surface area (Å²) in [5.41, 5.74) is 1.38. The number of nitrogens with one attached hydrogen (secondary N) is 1. The monoisotopic (exact) mass is 363 g/mol. The number of aromatic nitrogens is 1. The topological polar surface area (TPSA) is 54.5 Å². The van der Waals surface area contributed by atoms with E-state index >= 15 is 0 Å². The Morgan fingerprint density at radius 1 is 1.40 bits per heavy atom. The summed E-state index contributed by atoms with van der Waals surface area (Å²) in [6.45, 7) is 6.67. The van der Waals surface area contributed by atoms with Crippen LogP contribution < -0.4 is 5.32 Å². The van der Waals surface area contributed by atoms with Crippen molar-refractivity contribution in [3.63, 3.8) is 0 Å². The fourth-order valence-corrected chi connectivity index (χ4v) is 3.94. The lowest BCUT2D eigenvalue weighted by Gasteiger charge is -2.27. The second-order valence-electron chi connectivity index (χ2n) is 6.04. The van der Waals surface area contributed by atoms with Gasteiger partial charge in [-0.05, 0) is 26.0 Å². The van der Waals surface area contributed by atoms with Crippen LogP contribution >= 0.6 is 11.3 Å². The molecule has 1 aromatic carbocycles. The van der Waals surface area contributed by atoms with Gasteiger partial charge in [0, 0.05) is 29.6 Å². The third-order valence-corrected chi connectivity index (χ3v) is 5.63. The molecule has 0 spiro atoms. The van der Waals surface area contributed by atoms with Gasteiger partial charge in [0.15, 0.2) is 0 Å². The Morgan fingerprint density at radius 3 is 2.84 bits per heavy atom.